The second-order valence-electron chi connectivity index (χ2n) is 2.93. The van der Waals surface area contributed by atoms with Crippen molar-refractivity contribution in [3.8, 4) is 5.75 Å². The zero-order valence-corrected chi connectivity index (χ0v) is 8.93. The standard InChI is InChI=1S/C9H6ClN3O3/c1-16-8-6(13(14)15)3-2-5-7(8)9(10)12-4-11-5/h2-4H,1H3. The second kappa shape index (κ2) is 3.90. The molecule has 0 aliphatic heterocycles. The Kier molecular flexibility index (Phi) is 2.57. The highest BCUT2D eigenvalue weighted by molar-refractivity contribution is 6.34. The molecule has 0 unspecified atom stereocenters. The van der Waals surface area contributed by atoms with Crippen molar-refractivity contribution in [3.63, 3.8) is 0 Å². The number of methoxy groups -OCH3 is 1. The van der Waals surface area contributed by atoms with Gasteiger partial charge >= 0.3 is 5.69 Å². The summed E-state index contributed by atoms with van der Waals surface area (Å²) in [6.45, 7) is 0. The number of ether oxygens (including phenoxy) is 1. The molecule has 6 nitrogen and oxygen atoms in total. The molecular formula is C9H6ClN3O3. The molecule has 0 saturated heterocycles. The topological polar surface area (TPSA) is 78.2 Å². The molecule has 7 heteroatoms. The number of hydrogen-bond donors (Lipinski definition) is 0. The molecule has 0 bridgehead atoms. The van der Waals surface area contributed by atoms with E-state index in [9.17, 15) is 10.1 Å². The quantitative estimate of drug-likeness (QED) is 0.456. The molecule has 0 aliphatic rings. The largest absolute Gasteiger partial charge is 0.490 e. The molecule has 1 heterocycles. The molecule has 1 aromatic heterocycles. The number of rotatable bonds is 2. The van der Waals surface area contributed by atoms with E-state index in [1.165, 1.54) is 25.6 Å². The third-order valence-electron chi connectivity index (χ3n) is 2.09. The molecule has 0 atom stereocenters. The lowest BCUT2D eigenvalue weighted by Gasteiger charge is -2.05. The first kappa shape index (κ1) is 10.6. The van der Waals surface area contributed by atoms with E-state index in [0.717, 1.165) is 0 Å². The van der Waals surface area contributed by atoms with Gasteiger partial charge in [0.2, 0.25) is 5.75 Å². The van der Waals surface area contributed by atoms with Crippen LogP contribution in [0.1, 0.15) is 0 Å². The third kappa shape index (κ3) is 1.53. The lowest BCUT2D eigenvalue weighted by Crippen LogP contribution is -1.96. The van der Waals surface area contributed by atoms with Crippen molar-refractivity contribution < 1.29 is 9.66 Å². The fourth-order valence-corrected chi connectivity index (χ4v) is 1.65. The van der Waals surface area contributed by atoms with Crippen LogP contribution < -0.4 is 4.74 Å². The van der Waals surface area contributed by atoms with Gasteiger partial charge in [-0.1, -0.05) is 11.6 Å². The van der Waals surface area contributed by atoms with Crippen LogP contribution in [-0.4, -0.2) is 22.0 Å². The summed E-state index contributed by atoms with van der Waals surface area (Å²) < 4.78 is 4.99. The van der Waals surface area contributed by atoms with Gasteiger partial charge in [-0.05, 0) is 6.07 Å². The summed E-state index contributed by atoms with van der Waals surface area (Å²) in [7, 11) is 1.34. The summed E-state index contributed by atoms with van der Waals surface area (Å²) in [6.07, 6.45) is 1.29. The zero-order chi connectivity index (χ0) is 11.7. The lowest BCUT2D eigenvalue weighted by atomic mass is 10.2. The third-order valence-corrected chi connectivity index (χ3v) is 2.38. The number of nitrogens with zero attached hydrogens (tertiary/aromatic N) is 3. The van der Waals surface area contributed by atoms with E-state index in [0.29, 0.717) is 10.9 Å². The molecular weight excluding hydrogens is 234 g/mol. The fraction of sp³-hybridized carbons (Fsp3) is 0.111. The van der Waals surface area contributed by atoms with Crippen molar-refractivity contribution in [3.05, 3.63) is 33.7 Å². The maximum Gasteiger partial charge on any atom is 0.311 e. The average molecular weight is 240 g/mol. The van der Waals surface area contributed by atoms with Crippen LogP contribution in [0.25, 0.3) is 10.9 Å². The van der Waals surface area contributed by atoms with Gasteiger partial charge < -0.3 is 4.74 Å². The highest BCUT2D eigenvalue weighted by atomic mass is 35.5. The minimum absolute atomic E-state index is 0.0769. The van der Waals surface area contributed by atoms with E-state index >= 15 is 0 Å². The number of halogens is 1. The molecule has 2 aromatic rings. The summed E-state index contributed by atoms with van der Waals surface area (Å²) in [5.74, 6) is 0.0769. The number of aromatic nitrogens is 2. The number of nitro groups is 1. The van der Waals surface area contributed by atoms with Crippen molar-refractivity contribution >= 4 is 28.2 Å². The molecule has 0 fully saturated rings. The molecule has 16 heavy (non-hydrogen) atoms. The molecule has 82 valence electrons. The van der Waals surface area contributed by atoms with Crippen LogP contribution in [0, 0.1) is 10.1 Å². The van der Waals surface area contributed by atoms with E-state index < -0.39 is 4.92 Å². The van der Waals surface area contributed by atoms with Gasteiger partial charge in [0.1, 0.15) is 11.5 Å². The maximum atomic E-state index is 10.8. The molecule has 1 aromatic carbocycles. The Hall–Kier alpha value is -1.95. The maximum absolute atomic E-state index is 10.8. The molecule has 0 saturated carbocycles. The predicted molar refractivity (Wildman–Crippen MR) is 57.8 cm³/mol. The number of benzene rings is 1. The summed E-state index contributed by atoms with van der Waals surface area (Å²) in [5.41, 5.74) is 0.342. The normalized spacial score (nSPS) is 10.4. The lowest BCUT2D eigenvalue weighted by molar-refractivity contribution is -0.385. The monoisotopic (exact) mass is 239 g/mol. The van der Waals surface area contributed by atoms with Crippen LogP contribution in [0.15, 0.2) is 18.5 Å². The first-order chi connectivity index (χ1) is 7.65. The van der Waals surface area contributed by atoms with E-state index in [4.69, 9.17) is 16.3 Å². The van der Waals surface area contributed by atoms with Crippen molar-refractivity contribution in [2.24, 2.45) is 0 Å². The Morgan fingerprint density at radius 2 is 2.19 bits per heavy atom. The van der Waals surface area contributed by atoms with Crippen LogP contribution >= 0.6 is 11.6 Å². The highest BCUT2D eigenvalue weighted by Crippen LogP contribution is 2.37. The summed E-state index contributed by atoms with van der Waals surface area (Å²) >= 11 is 5.86. The summed E-state index contributed by atoms with van der Waals surface area (Å²) in [6, 6.07) is 2.83. The SMILES string of the molecule is COc1c([N+](=O)[O-])ccc2ncnc(Cl)c12. The van der Waals surface area contributed by atoms with E-state index in [2.05, 4.69) is 9.97 Å². The smallest absolute Gasteiger partial charge is 0.311 e. The van der Waals surface area contributed by atoms with Crippen LogP contribution in [0.2, 0.25) is 5.15 Å². The Labute approximate surface area is 95.0 Å². The van der Waals surface area contributed by atoms with Gasteiger partial charge in [0.05, 0.1) is 22.9 Å². The molecule has 0 N–H and O–H groups in total. The Balaban J connectivity index is 2.89. The van der Waals surface area contributed by atoms with Gasteiger partial charge in [-0.3, -0.25) is 10.1 Å². The Morgan fingerprint density at radius 3 is 2.81 bits per heavy atom. The van der Waals surface area contributed by atoms with E-state index in [-0.39, 0.29) is 16.6 Å². The van der Waals surface area contributed by atoms with Gasteiger partial charge in [0, 0.05) is 6.07 Å². The molecule has 0 spiro atoms. The number of nitro benzene ring substituents is 1. The predicted octanol–water partition coefficient (Wildman–Crippen LogP) is 2.20. The second-order valence-corrected chi connectivity index (χ2v) is 3.29. The first-order valence-electron chi connectivity index (χ1n) is 4.26. The Morgan fingerprint density at radius 1 is 1.44 bits per heavy atom. The fourth-order valence-electron chi connectivity index (χ4n) is 1.42. The summed E-state index contributed by atoms with van der Waals surface area (Å²) in [4.78, 5) is 18.0. The van der Waals surface area contributed by atoms with Gasteiger partial charge in [-0.15, -0.1) is 0 Å². The molecule has 0 amide bonds. The van der Waals surface area contributed by atoms with Crippen LogP contribution in [0.4, 0.5) is 5.69 Å². The van der Waals surface area contributed by atoms with Crippen LogP contribution in [0.3, 0.4) is 0 Å². The minimum Gasteiger partial charge on any atom is -0.490 e. The van der Waals surface area contributed by atoms with Gasteiger partial charge in [-0.2, -0.15) is 0 Å². The van der Waals surface area contributed by atoms with Crippen molar-refractivity contribution in [2.45, 2.75) is 0 Å². The number of hydrogen-bond acceptors (Lipinski definition) is 5. The van der Waals surface area contributed by atoms with Crippen LogP contribution in [0.5, 0.6) is 5.75 Å². The minimum atomic E-state index is -0.540. The van der Waals surface area contributed by atoms with Crippen molar-refractivity contribution in [2.75, 3.05) is 7.11 Å². The van der Waals surface area contributed by atoms with Crippen molar-refractivity contribution in [1.29, 1.82) is 0 Å². The van der Waals surface area contributed by atoms with E-state index in [1.807, 2.05) is 0 Å². The van der Waals surface area contributed by atoms with Gasteiger partial charge in [0.25, 0.3) is 0 Å². The van der Waals surface area contributed by atoms with Crippen molar-refractivity contribution in [1.82, 2.24) is 9.97 Å². The van der Waals surface area contributed by atoms with E-state index in [1.54, 1.807) is 0 Å². The van der Waals surface area contributed by atoms with Gasteiger partial charge in [0.15, 0.2) is 0 Å². The number of fused-ring (bicyclic) bond motifs is 1. The summed E-state index contributed by atoms with van der Waals surface area (Å²) in [5, 5.41) is 11.3. The van der Waals surface area contributed by atoms with Gasteiger partial charge in [-0.25, -0.2) is 9.97 Å². The van der Waals surface area contributed by atoms with Crippen LogP contribution in [-0.2, 0) is 0 Å². The highest BCUT2D eigenvalue weighted by Gasteiger charge is 2.20. The first-order valence-corrected chi connectivity index (χ1v) is 4.64. The molecule has 0 aliphatic carbocycles. The average Bonchev–Trinajstić information content (AvgIpc) is 2.27. The molecule has 2 rings (SSSR count). The molecule has 0 radical (unpaired) electrons. The Bertz CT molecular complexity index is 573. The zero-order valence-electron chi connectivity index (χ0n) is 8.18.